The summed E-state index contributed by atoms with van der Waals surface area (Å²) in [6, 6.07) is 10.3. The Bertz CT molecular complexity index is 404. The fourth-order valence-corrected chi connectivity index (χ4v) is 3.46. The summed E-state index contributed by atoms with van der Waals surface area (Å²) in [6.45, 7) is 9.38. The molecule has 2 unspecified atom stereocenters. The summed E-state index contributed by atoms with van der Waals surface area (Å²) in [5.41, 5.74) is 3.32. The first-order valence-corrected chi connectivity index (χ1v) is 8.38. The summed E-state index contributed by atoms with van der Waals surface area (Å²) in [6.07, 6.45) is 7.87. The Morgan fingerprint density at radius 2 is 1.90 bits per heavy atom. The maximum Gasteiger partial charge on any atom is 0.0294 e. The molecule has 0 aliphatic heterocycles. The minimum atomic E-state index is 0.439. The number of benzene rings is 1. The minimum absolute atomic E-state index is 0.439. The molecule has 0 radical (unpaired) electrons. The number of hydrogen-bond donors (Lipinski definition) is 1. The zero-order valence-corrected chi connectivity index (χ0v) is 13.7. The van der Waals surface area contributed by atoms with Crippen LogP contribution >= 0.6 is 0 Å². The van der Waals surface area contributed by atoms with Crippen molar-refractivity contribution in [1.29, 1.82) is 0 Å². The van der Waals surface area contributed by atoms with Crippen molar-refractivity contribution in [3.63, 3.8) is 0 Å². The van der Waals surface area contributed by atoms with E-state index in [-0.39, 0.29) is 0 Å². The molecule has 2 rings (SSSR count). The van der Waals surface area contributed by atoms with E-state index in [9.17, 15) is 0 Å². The van der Waals surface area contributed by atoms with Gasteiger partial charge in [-0.05, 0) is 42.7 Å². The molecule has 1 aromatic carbocycles. The highest BCUT2D eigenvalue weighted by Crippen LogP contribution is 2.36. The van der Waals surface area contributed by atoms with E-state index in [0.29, 0.717) is 17.5 Å². The Kier molecular flexibility index (Phi) is 5.26. The lowest BCUT2D eigenvalue weighted by molar-refractivity contribution is 0.157. The Hall–Kier alpha value is -0.820. The van der Waals surface area contributed by atoms with Gasteiger partial charge in [-0.3, -0.25) is 0 Å². The molecule has 1 nitrogen and oxygen atoms in total. The fourth-order valence-electron chi connectivity index (χ4n) is 3.46. The van der Waals surface area contributed by atoms with Crippen LogP contribution in [0.15, 0.2) is 24.3 Å². The molecule has 1 heteroatoms. The van der Waals surface area contributed by atoms with Crippen molar-refractivity contribution >= 4 is 0 Å². The van der Waals surface area contributed by atoms with E-state index in [1.165, 1.54) is 49.7 Å². The van der Waals surface area contributed by atoms with Gasteiger partial charge in [0.25, 0.3) is 0 Å². The zero-order valence-electron chi connectivity index (χ0n) is 13.7. The van der Waals surface area contributed by atoms with Gasteiger partial charge in [-0.25, -0.2) is 0 Å². The molecular weight excluding hydrogens is 242 g/mol. The molecule has 0 spiro atoms. The summed E-state index contributed by atoms with van der Waals surface area (Å²) in [5.74, 6) is 0. The van der Waals surface area contributed by atoms with Crippen LogP contribution in [-0.2, 0) is 6.42 Å². The summed E-state index contributed by atoms with van der Waals surface area (Å²) in [4.78, 5) is 0. The summed E-state index contributed by atoms with van der Waals surface area (Å²) < 4.78 is 0. The van der Waals surface area contributed by atoms with E-state index < -0.39 is 0 Å². The first-order chi connectivity index (χ1) is 9.53. The van der Waals surface area contributed by atoms with Crippen LogP contribution in [0.2, 0.25) is 0 Å². The maximum atomic E-state index is 3.88. The van der Waals surface area contributed by atoms with Gasteiger partial charge in [-0.1, -0.05) is 64.3 Å². The Labute approximate surface area is 125 Å². The first kappa shape index (κ1) is 15.6. The van der Waals surface area contributed by atoms with Gasteiger partial charge in [0.05, 0.1) is 0 Å². The third-order valence-electron chi connectivity index (χ3n) is 4.98. The second-order valence-electron chi connectivity index (χ2n) is 7.17. The average Bonchev–Trinajstić information content (AvgIpc) is 2.42. The fraction of sp³-hybridized carbons (Fsp3) is 0.684. The van der Waals surface area contributed by atoms with Crippen LogP contribution in [0.25, 0.3) is 0 Å². The van der Waals surface area contributed by atoms with Crippen molar-refractivity contribution in [2.24, 2.45) is 5.41 Å². The highest BCUT2D eigenvalue weighted by atomic mass is 15.0. The van der Waals surface area contributed by atoms with E-state index in [2.05, 4.69) is 57.3 Å². The zero-order chi connectivity index (χ0) is 14.6. The van der Waals surface area contributed by atoms with Crippen molar-refractivity contribution < 1.29 is 0 Å². The normalized spacial score (nSPS) is 23.5. The third kappa shape index (κ3) is 3.85. The second kappa shape index (κ2) is 6.76. The van der Waals surface area contributed by atoms with Crippen molar-refractivity contribution in [3.05, 3.63) is 35.4 Å². The van der Waals surface area contributed by atoms with Crippen molar-refractivity contribution in [3.8, 4) is 0 Å². The molecule has 1 aliphatic rings. The van der Waals surface area contributed by atoms with Gasteiger partial charge in [-0.15, -0.1) is 0 Å². The van der Waals surface area contributed by atoms with Crippen LogP contribution in [0.5, 0.6) is 0 Å². The first-order valence-electron chi connectivity index (χ1n) is 8.38. The Balaban J connectivity index is 1.98. The SMILES string of the molecule is CCCc1ccc(C(C)NC2CCCCC2(C)C)cc1. The summed E-state index contributed by atoms with van der Waals surface area (Å²) >= 11 is 0. The van der Waals surface area contributed by atoms with Crippen molar-refractivity contribution in [2.45, 2.75) is 78.3 Å². The lowest BCUT2D eigenvalue weighted by Gasteiger charge is -2.41. The molecule has 0 saturated heterocycles. The van der Waals surface area contributed by atoms with E-state index in [0.717, 1.165) is 0 Å². The highest BCUT2D eigenvalue weighted by molar-refractivity contribution is 5.25. The molecule has 20 heavy (non-hydrogen) atoms. The van der Waals surface area contributed by atoms with Crippen LogP contribution < -0.4 is 5.32 Å². The molecule has 1 aliphatic carbocycles. The van der Waals surface area contributed by atoms with E-state index >= 15 is 0 Å². The predicted octanol–water partition coefficient (Wildman–Crippen LogP) is 5.26. The maximum absolute atomic E-state index is 3.88. The molecule has 2 atom stereocenters. The van der Waals surface area contributed by atoms with Crippen LogP contribution in [0.1, 0.15) is 77.0 Å². The standard InChI is InChI=1S/C19H31N/c1-5-8-16-10-12-17(13-11-16)15(2)20-18-9-6-7-14-19(18,3)4/h10-13,15,18,20H,5-9,14H2,1-4H3. The molecule has 1 aromatic rings. The van der Waals surface area contributed by atoms with Gasteiger partial charge in [0.2, 0.25) is 0 Å². The predicted molar refractivity (Wildman–Crippen MR) is 88.0 cm³/mol. The van der Waals surface area contributed by atoms with Gasteiger partial charge in [0, 0.05) is 12.1 Å². The van der Waals surface area contributed by atoms with Gasteiger partial charge < -0.3 is 5.32 Å². The summed E-state index contributed by atoms with van der Waals surface area (Å²) in [5, 5.41) is 3.88. The van der Waals surface area contributed by atoms with Crippen molar-refractivity contribution in [2.75, 3.05) is 0 Å². The minimum Gasteiger partial charge on any atom is -0.307 e. The van der Waals surface area contributed by atoms with Crippen LogP contribution in [-0.4, -0.2) is 6.04 Å². The third-order valence-corrected chi connectivity index (χ3v) is 4.98. The number of hydrogen-bond acceptors (Lipinski definition) is 1. The van der Waals surface area contributed by atoms with Crippen LogP contribution in [0.4, 0.5) is 0 Å². The average molecular weight is 273 g/mol. The lowest BCUT2D eigenvalue weighted by Crippen LogP contribution is -2.45. The highest BCUT2D eigenvalue weighted by Gasteiger charge is 2.32. The van der Waals surface area contributed by atoms with Gasteiger partial charge in [0.1, 0.15) is 0 Å². The largest absolute Gasteiger partial charge is 0.307 e. The van der Waals surface area contributed by atoms with Crippen LogP contribution in [0, 0.1) is 5.41 Å². The second-order valence-corrected chi connectivity index (χ2v) is 7.17. The van der Waals surface area contributed by atoms with Crippen molar-refractivity contribution in [1.82, 2.24) is 5.32 Å². The molecule has 1 fully saturated rings. The molecular formula is C19H31N. The molecule has 0 bridgehead atoms. The number of rotatable bonds is 5. The molecule has 1 saturated carbocycles. The van der Waals surface area contributed by atoms with Crippen LogP contribution in [0.3, 0.4) is 0 Å². The number of nitrogens with one attached hydrogen (secondary N) is 1. The smallest absolute Gasteiger partial charge is 0.0294 e. The van der Waals surface area contributed by atoms with E-state index in [4.69, 9.17) is 0 Å². The Morgan fingerprint density at radius 3 is 2.50 bits per heavy atom. The quantitative estimate of drug-likeness (QED) is 0.771. The monoisotopic (exact) mass is 273 g/mol. The number of aryl methyl sites for hydroxylation is 1. The molecule has 0 heterocycles. The molecule has 112 valence electrons. The topological polar surface area (TPSA) is 12.0 Å². The Morgan fingerprint density at radius 1 is 1.20 bits per heavy atom. The lowest BCUT2D eigenvalue weighted by atomic mass is 9.73. The van der Waals surface area contributed by atoms with E-state index in [1.54, 1.807) is 0 Å². The molecule has 0 amide bonds. The van der Waals surface area contributed by atoms with E-state index in [1.807, 2.05) is 0 Å². The van der Waals surface area contributed by atoms with Gasteiger partial charge in [0.15, 0.2) is 0 Å². The molecule has 1 N–H and O–H groups in total. The summed E-state index contributed by atoms with van der Waals surface area (Å²) in [7, 11) is 0. The van der Waals surface area contributed by atoms with Gasteiger partial charge in [-0.2, -0.15) is 0 Å². The van der Waals surface area contributed by atoms with Gasteiger partial charge >= 0.3 is 0 Å². The molecule has 0 aromatic heterocycles.